The van der Waals surface area contributed by atoms with Gasteiger partial charge in [0.25, 0.3) is 0 Å². The van der Waals surface area contributed by atoms with Gasteiger partial charge in [0.2, 0.25) is 11.8 Å². The Hall–Kier alpha value is -2.62. The van der Waals surface area contributed by atoms with Crippen LogP contribution in [0.15, 0.2) is 60.7 Å². The predicted molar refractivity (Wildman–Crippen MR) is 160 cm³/mol. The molecule has 2 N–H and O–H groups in total. The van der Waals surface area contributed by atoms with Crippen molar-refractivity contribution in [3.63, 3.8) is 0 Å². The molecule has 0 aliphatic rings. The number of nitrogens with one attached hydrogen (secondary N) is 2. The molecule has 4 heteroatoms. The molecule has 0 saturated heterocycles. The molecule has 0 unspecified atom stereocenters. The van der Waals surface area contributed by atoms with Crippen LogP contribution in [0.3, 0.4) is 0 Å². The number of carbonyl (C=O) groups is 2. The van der Waals surface area contributed by atoms with Gasteiger partial charge in [-0.3, -0.25) is 9.59 Å². The minimum Gasteiger partial charge on any atom is -0.347 e. The van der Waals surface area contributed by atoms with E-state index in [-0.39, 0.29) is 23.9 Å². The van der Waals surface area contributed by atoms with Crippen LogP contribution in [0.2, 0.25) is 0 Å². The molecule has 210 valence electrons. The fourth-order valence-electron chi connectivity index (χ4n) is 5.02. The smallest absolute Gasteiger partial charge is 0.220 e. The van der Waals surface area contributed by atoms with Gasteiger partial charge in [-0.1, -0.05) is 152 Å². The molecule has 0 aliphatic heterocycles. The fraction of sp³-hybridized carbons (Fsp3) is 0.588. The van der Waals surface area contributed by atoms with Crippen molar-refractivity contribution in [2.45, 2.75) is 129 Å². The Morgan fingerprint density at radius 1 is 0.500 bits per heavy atom. The SMILES string of the molecule is CCCCCCCCCC(=O)N[C@H](c1ccccc1)[C@H](NC(=O)CCCCCCCCC)c1ccccc1. The molecular formula is C34H52N2O2. The van der Waals surface area contributed by atoms with Gasteiger partial charge in [-0.15, -0.1) is 0 Å². The highest BCUT2D eigenvalue weighted by atomic mass is 16.2. The van der Waals surface area contributed by atoms with Gasteiger partial charge in [-0.25, -0.2) is 0 Å². The summed E-state index contributed by atoms with van der Waals surface area (Å²) in [6, 6.07) is 19.4. The maximum absolute atomic E-state index is 13.1. The predicted octanol–water partition coefficient (Wildman–Crippen LogP) is 8.98. The number of benzene rings is 2. The quantitative estimate of drug-likeness (QED) is 0.161. The van der Waals surface area contributed by atoms with Crippen LogP contribution in [0.1, 0.15) is 140 Å². The molecule has 0 bridgehead atoms. The molecule has 2 aromatic carbocycles. The van der Waals surface area contributed by atoms with Gasteiger partial charge in [0, 0.05) is 12.8 Å². The normalized spacial score (nSPS) is 12.6. The summed E-state index contributed by atoms with van der Waals surface area (Å²) in [7, 11) is 0. The summed E-state index contributed by atoms with van der Waals surface area (Å²) in [6.07, 6.45) is 17.6. The minimum atomic E-state index is -0.325. The van der Waals surface area contributed by atoms with Crippen LogP contribution < -0.4 is 10.6 Å². The molecule has 0 spiro atoms. The van der Waals surface area contributed by atoms with Crippen LogP contribution in [-0.4, -0.2) is 11.8 Å². The van der Waals surface area contributed by atoms with Crippen molar-refractivity contribution in [3.8, 4) is 0 Å². The van der Waals surface area contributed by atoms with E-state index in [9.17, 15) is 9.59 Å². The number of hydrogen-bond acceptors (Lipinski definition) is 2. The summed E-state index contributed by atoms with van der Waals surface area (Å²) < 4.78 is 0. The Bertz CT molecular complexity index is 795. The lowest BCUT2D eigenvalue weighted by Crippen LogP contribution is -2.40. The largest absolute Gasteiger partial charge is 0.347 e. The highest BCUT2D eigenvalue weighted by molar-refractivity contribution is 5.78. The number of unbranched alkanes of at least 4 members (excludes halogenated alkanes) is 12. The van der Waals surface area contributed by atoms with Crippen LogP contribution in [0.5, 0.6) is 0 Å². The lowest BCUT2D eigenvalue weighted by molar-refractivity contribution is -0.124. The third-order valence-corrected chi connectivity index (χ3v) is 7.30. The van der Waals surface area contributed by atoms with Gasteiger partial charge in [-0.05, 0) is 24.0 Å². The van der Waals surface area contributed by atoms with E-state index < -0.39 is 0 Å². The van der Waals surface area contributed by atoms with Gasteiger partial charge in [0.1, 0.15) is 0 Å². The molecule has 0 aliphatic carbocycles. The van der Waals surface area contributed by atoms with Gasteiger partial charge in [0.15, 0.2) is 0 Å². The Morgan fingerprint density at radius 3 is 1.16 bits per heavy atom. The zero-order chi connectivity index (χ0) is 27.3. The first-order valence-electron chi connectivity index (χ1n) is 15.3. The Kier molecular flexibility index (Phi) is 16.9. The molecule has 2 atom stereocenters. The number of amides is 2. The molecule has 0 fully saturated rings. The van der Waals surface area contributed by atoms with E-state index in [1.165, 1.54) is 64.2 Å². The number of rotatable bonds is 21. The third kappa shape index (κ3) is 13.3. The monoisotopic (exact) mass is 520 g/mol. The van der Waals surface area contributed by atoms with Gasteiger partial charge >= 0.3 is 0 Å². The van der Waals surface area contributed by atoms with Crippen LogP contribution in [0.25, 0.3) is 0 Å². The topological polar surface area (TPSA) is 58.2 Å². The summed E-state index contributed by atoms with van der Waals surface area (Å²) in [5, 5.41) is 6.58. The standard InChI is InChI=1S/C34H52N2O2/c1-3-5-7-9-11-13-21-27-31(37)35-33(29-23-17-15-18-24-29)34(30-25-19-16-20-26-30)36-32(38)28-22-14-12-10-8-6-4-2/h15-20,23-26,33-34H,3-14,21-22,27-28H2,1-2H3,(H,35,37)(H,36,38)/t33-,34-/m1/s1. The average molecular weight is 521 g/mol. The lowest BCUT2D eigenvalue weighted by atomic mass is 9.92. The summed E-state index contributed by atoms with van der Waals surface area (Å²) in [5.74, 6) is 0.101. The fourth-order valence-corrected chi connectivity index (χ4v) is 5.02. The maximum atomic E-state index is 13.1. The van der Waals surface area contributed by atoms with Crippen molar-refractivity contribution in [2.75, 3.05) is 0 Å². The molecule has 2 aromatic rings. The molecule has 2 rings (SSSR count). The second-order valence-corrected chi connectivity index (χ2v) is 10.7. The Labute approximate surface area is 232 Å². The molecule has 4 nitrogen and oxygen atoms in total. The van der Waals surface area contributed by atoms with Crippen LogP contribution in [0, 0.1) is 0 Å². The van der Waals surface area contributed by atoms with Crippen LogP contribution in [0.4, 0.5) is 0 Å². The van der Waals surface area contributed by atoms with Gasteiger partial charge in [-0.2, -0.15) is 0 Å². The van der Waals surface area contributed by atoms with E-state index in [2.05, 4.69) is 24.5 Å². The summed E-state index contributed by atoms with van der Waals surface area (Å²) in [4.78, 5) is 26.2. The second-order valence-electron chi connectivity index (χ2n) is 10.7. The first-order valence-corrected chi connectivity index (χ1v) is 15.3. The molecule has 0 saturated carbocycles. The third-order valence-electron chi connectivity index (χ3n) is 7.30. The zero-order valence-electron chi connectivity index (χ0n) is 24.1. The van der Waals surface area contributed by atoms with Crippen molar-refractivity contribution in [1.82, 2.24) is 10.6 Å². The Balaban J connectivity index is 2.02. The molecular weight excluding hydrogens is 468 g/mol. The molecule has 0 radical (unpaired) electrons. The highest BCUT2D eigenvalue weighted by Crippen LogP contribution is 2.29. The minimum absolute atomic E-state index is 0.0506. The summed E-state index contributed by atoms with van der Waals surface area (Å²) in [6.45, 7) is 4.46. The van der Waals surface area contributed by atoms with Gasteiger partial charge < -0.3 is 10.6 Å². The molecule has 0 aromatic heterocycles. The molecule has 2 amide bonds. The molecule has 38 heavy (non-hydrogen) atoms. The zero-order valence-corrected chi connectivity index (χ0v) is 24.1. The lowest BCUT2D eigenvalue weighted by Gasteiger charge is -2.30. The first kappa shape index (κ1) is 31.6. The number of carbonyl (C=O) groups excluding carboxylic acids is 2. The van der Waals surface area contributed by atoms with Crippen LogP contribution >= 0.6 is 0 Å². The summed E-state index contributed by atoms with van der Waals surface area (Å²) in [5.41, 5.74) is 2.01. The van der Waals surface area contributed by atoms with E-state index >= 15 is 0 Å². The van der Waals surface area contributed by atoms with Crippen LogP contribution in [-0.2, 0) is 9.59 Å². The van der Waals surface area contributed by atoms with E-state index in [4.69, 9.17) is 0 Å². The van der Waals surface area contributed by atoms with E-state index in [1.807, 2.05) is 60.7 Å². The average Bonchev–Trinajstić information content (AvgIpc) is 2.95. The van der Waals surface area contributed by atoms with Crippen molar-refractivity contribution in [1.29, 1.82) is 0 Å². The van der Waals surface area contributed by atoms with E-state index in [1.54, 1.807) is 0 Å². The number of hydrogen-bond donors (Lipinski definition) is 2. The Morgan fingerprint density at radius 2 is 0.816 bits per heavy atom. The summed E-state index contributed by atoms with van der Waals surface area (Å²) >= 11 is 0. The van der Waals surface area contributed by atoms with Gasteiger partial charge in [0.05, 0.1) is 12.1 Å². The first-order chi connectivity index (χ1) is 18.7. The highest BCUT2D eigenvalue weighted by Gasteiger charge is 2.27. The van der Waals surface area contributed by atoms with Crippen molar-refractivity contribution in [3.05, 3.63) is 71.8 Å². The van der Waals surface area contributed by atoms with Crippen molar-refractivity contribution >= 4 is 11.8 Å². The van der Waals surface area contributed by atoms with Crippen molar-refractivity contribution in [2.24, 2.45) is 0 Å². The van der Waals surface area contributed by atoms with E-state index in [0.29, 0.717) is 12.8 Å². The van der Waals surface area contributed by atoms with Crippen molar-refractivity contribution < 1.29 is 9.59 Å². The second kappa shape index (κ2) is 20.4. The molecule has 0 heterocycles. The maximum Gasteiger partial charge on any atom is 0.220 e. The van der Waals surface area contributed by atoms with E-state index in [0.717, 1.165) is 36.8 Å².